The molecular formula is C7H17NSi. The zero-order valence-corrected chi connectivity index (χ0v) is 7.32. The first-order valence-electron chi connectivity index (χ1n) is 3.97. The van der Waals surface area contributed by atoms with Crippen molar-refractivity contribution in [3.8, 4) is 0 Å². The molecular weight excluding hydrogens is 126 g/mol. The largest absolute Gasteiger partial charge is 0.333 e. The number of hydrogen-bond acceptors (Lipinski definition) is 1. The van der Waals surface area contributed by atoms with E-state index in [1.807, 2.05) is 0 Å². The van der Waals surface area contributed by atoms with Crippen molar-refractivity contribution >= 4 is 8.07 Å². The lowest BCUT2D eigenvalue weighted by molar-refractivity contribution is 0.708. The van der Waals surface area contributed by atoms with Crippen molar-refractivity contribution in [1.82, 2.24) is 0 Å². The second kappa shape index (κ2) is 2.84. The standard InChI is InChI=1S/C7H17NSi/c1-9(7-8)5-3-2-4-6-9/h2-8H2,1H3. The molecule has 1 saturated heterocycles. The lowest BCUT2D eigenvalue weighted by Crippen LogP contribution is -2.41. The van der Waals surface area contributed by atoms with E-state index in [9.17, 15) is 0 Å². The first kappa shape index (κ1) is 7.29. The van der Waals surface area contributed by atoms with Gasteiger partial charge in [0.2, 0.25) is 0 Å². The zero-order chi connectivity index (χ0) is 6.74. The normalized spacial score (nSPS) is 26.0. The summed E-state index contributed by atoms with van der Waals surface area (Å²) in [5.41, 5.74) is 5.70. The molecule has 0 spiro atoms. The lowest BCUT2D eigenvalue weighted by atomic mass is 10.3. The highest BCUT2D eigenvalue weighted by atomic mass is 28.3. The molecule has 54 valence electrons. The molecule has 0 aromatic carbocycles. The average molecular weight is 143 g/mol. The predicted molar refractivity (Wildman–Crippen MR) is 44.1 cm³/mol. The Morgan fingerprint density at radius 2 is 1.78 bits per heavy atom. The van der Waals surface area contributed by atoms with Gasteiger partial charge < -0.3 is 5.73 Å². The lowest BCUT2D eigenvalue weighted by Gasteiger charge is -2.29. The molecule has 0 aromatic heterocycles. The molecule has 0 aliphatic carbocycles. The number of nitrogens with two attached hydrogens (primary N) is 1. The monoisotopic (exact) mass is 143 g/mol. The van der Waals surface area contributed by atoms with Crippen LogP contribution in [0.15, 0.2) is 0 Å². The number of hydrogen-bond donors (Lipinski definition) is 1. The predicted octanol–water partition coefficient (Wildman–Crippen LogP) is 1.75. The SMILES string of the molecule is C[Si]1(CN)CCCCC1. The van der Waals surface area contributed by atoms with Crippen molar-refractivity contribution in [2.45, 2.75) is 37.9 Å². The van der Waals surface area contributed by atoms with Crippen molar-refractivity contribution in [2.75, 3.05) is 6.17 Å². The highest BCUT2D eigenvalue weighted by Gasteiger charge is 2.26. The third kappa shape index (κ3) is 1.80. The minimum absolute atomic E-state index is 0.833. The van der Waals surface area contributed by atoms with E-state index < -0.39 is 8.07 Å². The van der Waals surface area contributed by atoms with Crippen LogP contribution in [0.3, 0.4) is 0 Å². The van der Waals surface area contributed by atoms with E-state index in [1.165, 1.54) is 31.4 Å². The van der Waals surface area contributed by atoms with Gasteiger partial charge in [-0.15, -0.1) is 0 Å². The quantitative estimate of drug-likeness (QED) is 0.556. The van der Waals surface area contributed by atoms with E-state index in [0.29, 0.717) is 0 Å². The van der Waals surface area contributed by atoms with Gasteiger partial charge in [-0.05, 0) is 6.17 Å². The fraction of sp³-hybridized carbons (Fsp3) is 1.00. The Kier molecular flexibility index (Phi) is 2.30. The van der Waals surface area contributed by atoms with Gasteiger partial charge in [-0.1, -0.05) is 37.9 Å². The highest BCUT2D eigenvalue weighted by Crippen LogP contribution is 2.26. The van der Waals surface area contributed by atoms with Crippen LogP contribution in [0.1, 0.15) is 19.3 Å². The van der Waals surface area contributed by atoms with Crippen molar-refractivity contribution in [2.24, 2.45) is 5.73 Å². The van der Waals surface area contributed by atoms with Gasteiger partial charge in [-0.3, -0.25) is 0 Å². The van der Waals surface area contributed by atoms with Gasteiger partial charge in [0.1, 0.15) is 0 Å². The van der Waals surface area contributed by atoms with Crippen molar-refractivity contribution in [3.63, 3.8) is 0 Å². The van der Waals surface area contributed by atoms with E-state index in [0.717, 1.165) is 6.17 Å². The molecule has 2 heteroatoms. The van der Waals surface area contributed by atoms with Crippen molar-refractivity contribution < 1.29 is 0 Å². The second-order valence-corrected chi connectivity index (χ2v) is 8.61. The Hall–Kier alpha value is 0.177. The minimum Gasteiger partial charge on any atom is -0.333 e. The summed E-state index contributed by atoms with van der Waals surface area (Å²) in [5, 5.41) is 0. The minimum atomic E-state index is -0.833. The van der Waals surface area contributed by atoms with Gasteiger partial charge in [0.15, 0.2) is 0 Å². The Labute approximate surface area is 58.6 Å². The maximum absolute atomic E-state index is 5.70. The second-order valence-electron chi connectivity index (χ2n) is 3.58. The van der Waals surface area contributed by atoms with Gasteiger partial charge in [0.05, 0.1) is 8.07 Å². The molecule has 1 rings (SSSR count). The van der Waals surface area contributed by atoms with Crippen LogP contribution in [0.4, 0.5) is 0 Å². The van der Waals surface area contributed by atoms with Crippen LogP contribution < -0.4 is 5.73 Å². The number of rotatable bonds is 1. The van der Waals surface area contributed by atoms with E-state index in [4.69, 9.17) is 5.73 Å². The maximum Gasteiger partial charge on any atom is 0.0653 e. The van der Waals surface area contributed by atoms with Gasteiger partial charge in [-0.2, -0.15) is 0 Å². The topological polar surface area (TPSA) is 26.0 Å². The van der Waals surface area contributed by atoms with Gasteiger partial charge in [0.25, 0.3) is 0 Å². The molecule has 1 heterocycles. The van der Waals surface area contributed by atoms with Gasteiger partial charge >= 0.3 is 0 Å². The third-order valence-corrected chi connectivity index (χ3v) is 6.66. The summed E-state index contributed by atoms with van der Waals surface area (Å²) in [5.74, 6) is 0. The molecule has 1 aliphatic rings. The smallest absolute Gasteiger partial charge is 0.0653 e. The molecule has 0 bridgehead atoms. The van der Waals surface area contributed by atoms with Crippen LogP contribution in [0.5, 0.6) is 0 Å². The molecule has 1 nitrogen and oxygen atoms in total. The van der Waals surface area contributed by atoms with Gasteiger partial charge in [-0.25, -0.2) is 0 Å². The summed E-state index contributed by atoms with van der Waals surface area (Å²) in [6.07, 6.45) is 5.40. The van der Waals surface area contributed by atoms with Crippen molar-refractivity contribution in [3.05, 3.63) is 0 Å². The van der Waals surface area contributed by atoms with Crippen LogP contribution in [0, 0.1) is 0 Å². The van der Waals surface area contributed by atoms with Crippen LogP contribution in [-0.4, -0.2) is 14.2 Å². The van der Waals surface area contributed by atoms with Crippen LogP contribution in [0.25, 0.3) is 0 Å². The summed E-state index contributed by atoms with van der Waals surface area (Å²) in [7, 11) is -0.833. The molecule has 0 aromatic rings. The summed E-state index contributed by atoms with van der Waals surface area (Å²) in [6.45, 7) is 2.45. The summed E-state index contributed by atoms with van der Waals surface area (Å²) in [4.78, 5) is 0. The zero-order valence-electron chi connectivity index (χ0n) is 6.32. The molecule has 1 aliphatic heterocycles. The van der Waals surface area contributed by atoms with Crippen LogP contribution in [-0.2, 0) is 0 Å². The summed E-state index contributed by atoms with van der Waals surface area (Å²) < 4.78 is 0. The first-order chi connectivity index (χ1) is 4.27. The molecule has 0 saturated carbocycles. The average Bonchev–Trinajstić information content (AvgIpc) is 1.90. The van der Waals surface area contributed by atoms with Crippen LogP contribution in [0.2, 0.25) is 18.6 Å². The van der Waals surface area contributed by atoms with E-state index in [2.05, 4.69) is 6.55 Å². The van der Waals surface area contributed by atoms with Crippen LogP contribution >= 0.6 is 0 Å². The molecule has 0 radical (unpaired) electrons. The first-order valence-corrected chi connectivity index (χ1v) is 7.09. The summed E-state index contributed by atoms with van der Waals surface area (Å²) in [6, 6.07) is 2.98. The molecule has 2 N–H and O–H groups in total. The fourth-order valence-electron chi connectivity index (χ4n) is 1.61. The molecule has 0 unspecified atom stereocenters. The maximum atomic E-state index is 5.70. The third-order valence-electron chi connectivity index (χ3n) is 2.55. The fourth-order valence-corrected chi connectivity index (χ4v) is 4.47. The van der Waals surface area contributed by atoms with Crippen molar-refractivity contribution in [1.29, 1.82) is 0 Å². The molecule has 9 heavy (non-hydrogen) atoms. The van der Waals surface area contributed by atoms with E-state index >= 15 is 0 Å². The molecule has 0 atom stereocenters. The molecule has 1 fully saturated rings. The Morgan fingerprint density at radius 3 is 2.11 bits per heavy atom. The Balaban J connectivity index is 2.37. The summed E-state index contributed by atoms with van der Waals surface area (Å²) >= 11 is 0. The van der Waals surface area contributed by atoms with E-state index in [1.54, 1.807) is 0 Å². The van der Waals surface area contributed by atoms with Gasteiger partial charge in [0, 0.05) is 0 Å². The Morgan fingerprint density at radius 1 is 1.22 bits per heavy atom. The highest BCUT2D eigenvalue weighted by molar-refractivity contribution is 6.78. The molecule has 0 amide bonds. The van der Waals surface area contributed by atoms with E-state index in [-0.39, 0.29) is 0 Å². The Bertz CT molecular complexity index is 86.9.